The van der Waals surface area contributed by atoms with Crippen LogP contribution in [-0.2, 0) is 0 Å². The summed E-state index contributed by atoms with van der Waals surface area (Å²) in [6, 6.07) is -0.297. The van der Waals surface area contributed by atoms with E-state index in [2.05, 4.69) is 15.5 Å². The number of hydrogen-bond donors (Lipinski definition) is 3. The van der Waals surface area contributed by atoms with Crippen LogP contribution in [0.3, 0.4) is 0 Å². The lowest BCUT2D eigenvalue weighted by Crippen LogP contribution is -2.26. The van der Waals surface area contributed by atoms with E-state index in [9.17, 15) is 0 Å². The van der Waals surface area contributed by atoms with Crippen molar-refractivity contribution in [3.8, 4) is 0 Å². The zero-order chi connectivity index (χ0) is 10.8. The van der Waals surface area contributed by atoms with Gasteiger partial charge < -0.3 is 20.6 Å². The van der Waals surface area contributed by atoms with Crippen molar-refractivity contribution in [3.63, 3.8) is 0 Å². The molecule has 6 heteroatoms. The van der Waals surface area contributed by atoms with E-state index in [1.807, 2.05) is 20.8 Å². The molecule has 0 aliphatic heterocycles. The zero-order valence-electron chi connectivity index (χ0n) is 8.61. The molecule has 1 aromatic rings. The molecular formula is C8H16N4O2. The molecule has 1 atom stereocenters. The van der Waals surface area contributed by atoms with E-state index in [0.717, 1.165) is 0 Å². The van der Waals surface area contributed by atoms with Gasteiger partial charge in [-0.25, -0.2) is 0 Å². The Kier molecular flexibility index (Phi) is 3.07. The minimum atomic E-state index is -0.613. The number of nitrogens with one attached hydrogen (secondary N) is 1. The number of nitrogens with two attached hydrogens (primary N) is 1. The maximum absolute atomic E-state index is 8.76. The van der Waals surface area contributed by atoms with Crippen LogP contribution in [0.1, 0.15) is 32.7 Å². The topological polar surface area (TPSA) is 97.2 Å². The van der Waals surface area contributed by atoms with Crippen LogP contribution < -0.4 is 11.1 Å². The summed E-state index contributed by atoms with van der Waals surface area (Å²) < 4.78 is 5.19. The first kappa shape index (κ1) is 10.9. The quantitative estimate of drug-likeness (QED) is 0.648. The highest BCUT2D eigenvalue weighted by atomic mass is 16.4. The zero-order valence-corrected chi connectivity index (χ0v) is 8.61. The lowest BCUT2D eigenvalue weighted by molar-refractivity contribution is 0.248. The Morgan fingerprint density at radius 1 is 1.50 bits per heavy atom. The Morgan fingerprint density at radius 3 is 2.64 bits per heavy atom. The molecule has 1 aromatic heterocycles. The first-order chi connectivity index (χ1) is 6.42. The number of nitrogens with zero attached hydrogens (tertiary/aromatic N) is 2. The van der Waals surface area contributed by atoms with Crippen molar-refractivity contribution < 1.29 is 9.52 Å². The molecule has 0 aliphatic carbocycles. The predicted octanol–water partition coefficient (Wildman–Crippen LogP) is 0.272. The molecule has 6 nitrogen and oxygen atoms in total. The van der Waals surface area contributed by atoms with Crippen LogP contribution in [0.15, 0.2) is 4.42 Å². The fraction of sp³-hybridized carbons (Fsp3) is 0.750. The molecular weight excluding hydrogens is 184 g/mol. The Balaban J connectivity index is 2.69. The molecule has 1 rings (SSSR count). The molecule has 0 saturated carbocycles. The number of aliphatic hydroxyl groups excluding tert-OH is 1. The van der Waals surface area contributed by atoms with E-state index in [0.29, 0.717) is 6.01 Å². The van der Waals surface area contributed by atoms with Crippen LogP contribution in [0, 0.1) is 0 Å². The van der Waals surface area contributed by atoms with E-state index in [1.165, 1.54) is 0 Å². The molecule has 0 radical (unpaired) electrons. The number of anilines is 1. The largest absolute Gasteiger partial charge is 0.406 e. The van der Waals surface area contributed by atoms with Gasteiger partial charge in [-0.3, -0.25) is 0 Å². The van der Waals surface area contributed by atoms with Gasteiger partial charge in [0.2, 0.25) is 5.89 Å². The van der Waals surface area contributed by atoms with Crippen LogP contribution >= 0.6 is 0 Å². The van der Waals surface area contributed by atoms with Gasteiger partial charge >= 0.3 is 6.01 Å². The van der Waals surface area contributed by atoms with Crippen molar-refractivity contribution in [2.24, 2.45) is 5.73 Å². The SMILES string of the molecule is CC(C)(C)Nc1nnc(C(N)CO)o1. The summed E-state index contributed by atoms with van der Waals surface area (Å²) in [5.74, 6) is 0.235. The summed E-state index contributed by atoms with van der Waals surface area (Å²) in [5.41, 5.74) is 5.35. The average Bonchev–Trinajstić information content (AvgIpc) is 2.48. The predicted molar refractivity (Wildman–Crippen MR) is 51.7 cm³/mol. The van der Waals surface area contributed by atoms with Gasteiger partial charge in [-0.2, -0.15) is 0 Å². The Bertz CT molecular complexity index is 292. The summed E-state index contributed by atoms with van der Waals surface area (Å²) >= 11 is 0. The maximum Gasteiger partial charge on any atom is 0.315 e. The van der Waals surface area contributed by atoms with Crippen LogP contribution in [-0.4, -0.2) is 27.4 Å². The number of aliphatic hydroxyl groups is 1. The smallest absolute Gasteiger partial charge is 0.315 e. The van der Waals surface area contributed by atoms with Gasteiger partial charge in [-0.15, -0.1) is 5.10 Å². The van der Waals surface area contributed by atoms with Crippen molar-refractivity contribution in [2.45, 2.75) is 32.4 Å². The Morgan fingerprint density at radius 2 is 2.14 bits per heavy atom. The molecule has 0 bridgehead atoms. The fourth-order valence-electron chi connectivity index (χ4n) is 0.834. The van der Waals surface area contributed by atoms with Crippen molar-refractivity contribution in [1.82, 2.24) is 10.2 Å². The summed E-state index contributed by atoms with van der Waals surface area (Å²) in [7, 11) is 0. The normalized spacial score (nSPS) is 14.1. The molecule has 0 aliphatic rings. The van der Waals surface area contributed by atoms with E-state index >= 15 is 0 Å². The summed E-state index contributed by atoms with van der Waals surface area (Å²) in [6.07, 6.45) is 0. The highest BCUT2D eigenvalue weighted by molar-refractivity contribution is 5.22. The molecule has 0 saturated heterocycles. The van der Waals surface area contributed by atoms with E-state index in [1.54, 1.807) is 0 Å². The van der Waals surface area contributed by atoms with Crippen LogP contribution in [0.25, 0.3) is 0 Å². The molecule has 80 valence electrons. The van der Waals surface area contributed by atoms with Crippen LogP contribution in [0.4, 0.5) is 6.01 Å². The van der Waals surface area contributed by atoms with E-state index in [4.69, 9.17) is 15.3 Å². The molecule has 14 heavy (non-hydrogen) atoms. The van der Waals surface area contributed by atoms with Crippen LogP contribution in [0.5, 0.6) is 0 Å². The third kappa shape index (κ3) is 2.97. The standard InChI is InChI=1S/C8H16N4O2/c1-8(2,3)10-7-12-11-6(14-7)5(9)4-13/h5,13H,4,9H2,1-3H3,(H,10,12). The van der Waals surface area contributed by atoms with Gasteiger partial charge in [0.15, 0.2) is 0 Å². The van der Waals surface area contributed by atoms with Gasteiger partial charge in [0.1, 0.15) is 6.04 Å². The molecule has 0 aromatic carbocycles. The van der Waals surface area contributed by atoms with Gasteiger partial charge in [-0.05, 0) is 20.8 Å². The van der Waals surface area contributed by atoms with Gasteiger partial charge in [0.05, 0.1) is 6.61 Å². The van der Waals surface area contributed by atoms with Crippen molar-refractivity contribution in [3.05, 3.63) is 5.89 Å². The second kappa shape index (κ2) is 3.93. The molecule has 4 N–H and O–H groups in total. The van der Waals surface area contributed by atoms with Gasteiger partial charge in [0, 0.05) is 5.54 Å². The summed E-state index contributed by atoms with van der Waals surface area (Å²) in [4.78, 5) is 0. The summed E-state index contributed by atoms with van der Waals surface area (Å²) in [6.45, 7) is 5.71. The lowest BCUT2D eigenvalue weighted by atomic mass is 10.1. The highest BCUT2D eigenvalue weighted by Gasteiger charge is 2.17. The van der Waals surface area contributed by atoms with Crippen molar-refractivity contribution in [1.29, 1.82) is 0 Å². The number of rotatable bonds is 3. The second-order valence-electron chi connectivity index (χ2n) is 4.11. The van der Waals surface area contributed by atoms with E-state index < -0.39 is 6.04 Å². The minimum absolute atomic E-state index is 0.146. The Labute approximate surface area is 82.5 Å². The summed E-state index contributed by atoms with van der Waals surface area (Å²) in [5, 5.41) is 19.2. The van der Waals surface area contributed by atoms with Gasteiger partial charge in [0.25, 0.3) is 0 Å². The molecule has 0 spiro atoms. The fourth-order valence-corrected chi connectivity index (χ4v) is 0.834. The van der Waals surface area contributed by atoms with Crippen molar-refractivity contribution in [2.75, 3.05) is 11.9 Å². The molecule has 0 amide bonds. The molecule has 1 heterocycles. The second-order valence-corrected chi connectivity index (χ2v) is 4.11. The highest BCUT2D eigenvalue weighted by Crippen LogP contribution is 2.15. The minimum Gasteiger partial charge on any atom is -0.406 e. The average molecular weight is 200 g/mol. The maximum atomic E-state index is 8.76. The van der Waals surface area contributed by atoms with Crippen LogP contribution in [0.2, 0.25) is 0 Å². The Hall–Kier alpha value is -1.14. The molecule has 1 unspecified atom stereocenters. The van der Waals surface area contributed by atoms with Crippen molar-refractivity contribution >= 4 is 6.01 Å². The third-order valence-corrected chi connectivity index (χ3v) is 1.44. The first-order valence-corrected chi connectivity index (χ1v) is 4.40. The lowest BCUT2D eigenvalue weighted by Gasteiger charge is -2.17. The number of hydrogen-bond acceptors (Lipinski definition) is 6. The molecule has 0 fully saturated rings. The number of aromatic nitrogens is 2. The van der Waals surface area contributed by atoms with E-state index in [-0.39, 0.29) is 18.0 Å². The first-order valence-electron chi connectivity index (χ1n) is 4.40. The third-order valence-electron chi connectivity index (χ3n) is 1.44. The van der Waals surface area contributed by atoms with Gasteiger partial charge in [-0.1, -0.05) is 5.10 Å². The monoisotopic (exact) mass is 200 g/mol.